The zero-order valence-corrected chi connectivity index (χ0v) is 34.4. The van der Waals surface area contributed by atoms with Crippen molar-refractivity contribution in [1.82, 2.24) is 4.57 Å². The van der Waals surface area contributed by atoms with Gasteiger partial charge in [-0.15, -0.1) is 0 Å². The molecule has 0 saturated carbocycles. The van der Waals surface area contributed by atoms with Crippen LogP contribution in [0.2, 0.25) is 0 Å². The van der Waals surface area contributed by atoms with Crippen LogP contribution in [0.3, 0.4) is 0 Å². The number of anilines is 3. The molecule has 0 atom stereocenters. The number of hydrogen-bond acceptors (Lipinski definition) is 2. The highest BCUT2D eigenvalue weighted by atomic mass is 16.3. The maximum Gasteiger partial charge on any atom is 0.143 e. The smallest absolute Gasteiger partial charge is 0.143 e. The fourth-order valence-corrected chi connectivity index (χ4v) is 9.33. The van der Waals surface area contributed by atoms with Crippen molar-refractivity contribution in [2.24, 2.45) is 0 Å². The van der Waals surface area contributed by atoms with Gasteiger partial charge in [-0.2, -0.15) is 0 Å². The van der Waals surface area contributed by atoms with E-state index < -0.39 is 0 Å². The molecule has 0 N–H and O–H groups in total. The summed E-state index contributed by atoms with van der Waals surface area (Å²) < 4.78 is 8.99. The van der Waals surface area contributed by atoms with Crippen LogP contribution in [0.4, 0.5) is 17.1 Å². The van der Waals surface area contributed by atoms with E-state index in [4.69, 9.17) is 4.42 Å². The van der Waals surface area contributed by atoms with Crippen molar-refractivity contribution in [3.8, 4) is 50.2 Å². The van der Waals surface area contributed by atoms with Gasteiger partial charge in [0.1, 0.15) is 11.2 Å². The number of fused-ring (bicyclic) bond motifs is 6. The van der Waals surface area contributed by atoms with Crippen molar-refractivity contribution < 1.29 is 4.42 Å². The molecule has 0 aliphatic rings. The molecule has 0 unspecified atom stereocenters. The van der Waals surface area contributed by atoms with Gasteiger partial charge in [-0.05, 0) is 112 Å². The normalized spacial score (nSPS) is 11.5. The Morgan fingerprint density at radius 1 is 0.302 bits per heavy atom. The number of hydrogen-bond donors (Lipinski definition) is 0. The predicted molar refractivity (Wildman–Crippen MR) is 264 cm³/mol. The first kappa shape index (κ1) is 36.5. The Labute approximate surface area is 366 Å². The minimum Gasteiger partial charge on any atom is -0.455 e. The van der Waals surface area contributed by atoms with E-state index in [1.807, 2.05) is 6.07 Å². The molecule has 12 aromatic rings. The minimum absolute atomic E-state index is 0.885. The van der Waals surface area contributed by atoms with Crippen LogP contribution in [0, 0.1) is 0 Å². The van der Waals surface area contributed by atoms with E-state index in [2.05, 4.69) is 246 Å². The van der Waals surface area contributed by atoms with Gasteiger partial charge in [-0.1, -0.05) is 170 Å². The van der Waals surface area contributed by atoms with E-state index >= 15 is 0 Å². The molecule has 0 radical (unpaired) electrons. The molecule has 0 aliphatic carbocycles. The standard InChI is InChI=1S/C60H40N2O/c1-3-13-41(14-4-1)42-25-32-48(33-26-42)61(49-34-27-43(28-35-49)46-17-11-18-51(39-46)62-57-23-9-7-19-53(57)54-20-8-10-24-58(54)62)50-36-29-44(30-37-50)47-31-38-55-56-22-12-21-52(45-15-5-2-6-16-45)60(56)63-59(55)40-47/h1-40H. The van der Waals surface area contributed by atoms with Gasteiger partial charge in [0, 0.05) is 49.9 Å². The number of aromatic nitrogens is 1. The van der Waals surface area contributed by atoms with E-state index in [1.165, 1.54) is 38.5 Å². The van der Waals surface area contributed by atoms with Crippen molar-refractivity contribution in [3.05, 3.63) is 243 Å². The highest BCUT2D eigenvalue weighted by Gasteiger charge is 2.17. The van der Waals surface area contributed by atoms with E-state index in [0.717, 1.165) is 72.5 Å². The molecule has 10 aromatic carbocycles. The highest BCUT2D eigenvalue weighted by molar-refractivity contribution is 6.11. The van der Waals surface area contributed by atoms with Crippen LogP contribution in [0.15, 0.2) is 247 Å². The van der Waals surface area contributed by atoms with Crippen LogP contribution in [0.5, 0.6) is 0 Å². The Morgan fingerprint density at radius 3 is 1.35 bits per heavy atom. The van der Waals surface area contributed by atoms with Gasteiger partial charge in [0.15, 0.2) is 0 Å². The molecular weight excluding hydrogens is 765 g/mol. The number of benzene rings is 10. The average molecular weight is 805 g/mol. The molecule has 296 valence electrons. The number of para-hydroxylation sites is 3. The summed E-state index contributed by atoms with van der Waals surface area (Å²) in [7, 11) is 0. The molecule has 0 fully saturated rings. The van der Waals surface area contributed by atoms with E-state index in [-0.39, 0.29) is 0 Å². The van der Waals surface area contributed by atoms with Crippen molar-refractivity contribution in [3.63, 3.8) is 0 Å². The molecule has 3 nitrogen and oxygen atoms in total. The second-order valence-corrected chi connectivity index (χ2v) is 16.1. The third-order valence-electron chi connectivity index (χ3n) is 12.4. The summed E-state index contributed by atoms with van der Waals surface area (Å²) in [6.45, 7) is 0. The lowest BCUT2D eigenvalue weighted by Gasteiger charge is -2.26. The van der Waals surface area contributed by atoms with Gasteiger partial charge in [0.05, 0.1) is 11.0 Å². The molecule has 0 spiro atoms. The molecule has 2 heterocycles. The fourth-order valence-electron chi connectivity index (χ4n) is 9.33. The summed E-state index contributed by atoms with van der Waals surface area (Å²) in [5.74, 6) is 0. The first-order chi connectivity index (χ1) is 31.2. The monoisotopic (exact) mass is 804 g/mol. The maximum atomic E-state index is 6.61. The summed E-state index contributed by atoms with van der Waals surface area (Å²) >= 11 is 0. The largest absolute Gasteiger partial charge is 0.455 e. The van der Waals surface area contributed by atoms with Gasteiger partial charge in [-0.3, -0.25) is 0 Å². The van der Waals surface area contributed by atoms with Gasteiger partial charge in [0.25, 0.3) is 0 Å². The van der Waals surface area contributed by atoms with Crippen LogP contribution in [0.1, 0.15) is 0 Å². The number of rotatable bonds is 8. The third-order valence-corrected chi connectivity index (χ3v) is 12.4. The first-order valence-electron chi connectivity index (χ1n) is 21.5. The van der Waals surface area contributed by atoms with Crippen LogP contribution in [0.25, 0.3) is 93.9 Å². The Kier molecular flexibility index (Phi) is 8.83. The lowest BCUT2D eigenvalue weighted by atomic mass is 10.0. The Bertz CT molecular complexity index is 3530. The van der Waals surface area contributed by atoms with Gasteiger partial charge >= 0.3 is 0 Å². The van der Waals surface area contributed by atoms with Crippen LogP contribution < -0.4 is 4.90 Å². The zero-order chi connectivity index (χ0) is 41.7. The first-order valence-corrected chi connectivity index (χ1v) is 21.5. The summed E-state index contributed by atoms with van der Waals surface area (Å²) in [5.41, 5.74) is 17.8. The SMILES string of the molecule is c1ccc(-c2ccc(N(c3ccc(-c4cccc(-n5c6ccccc6c6ccccc65)c4)cc3)c3ccc(-c4ccc5c(c4)oc4c(-c6ccccc6)cccc45)cc3)cc2)cc1. The van der Waals surface area contributed by atoms with Gasteiger partial charge < -0.3 is 13.9 Å². The summed E-state index contributed by atoms with van der Waals surface area (Å²) in [5, 5.41) is 4.77. The van der Waals surface area contributed by atoms with Gasteiger partial charge in [0.2, 0.25) is 0 Å². The van der Waals surface area contributed by atoms with Gasteiger partial charge in [-0.25, -0.2) is 0 Å². The fraction of sp³-hybridized carbons (Fsp3) is 0. The van der Waals surface area contributed by atoms with Crippen LogP contribution in [-0.4, -0.2) is 4.57 Å². The topological polar surface area (TPSA) is 21.3 Å². The molecule has 0 amide bonds. The molecule has 0 saturated heterocycles. The molecule has 0 bridgehead atoms. The second-order valence-electron chi connectivity index (χ2n) is 16.1. The number of nitrogens with zero attached hydrogens (tertiary/aromatic N) is 2. The third kappa shape index (κ3) is 6.46. The van der Waals surface area contributed by atoms with Crippen LogP contribution >= 0.6 is 0 Å². The summed E-state index contributed by atoms with van der Waals surface area (Å²) in [6, 6.07) is 86.9. The van der Waals surface area contributed by atoms with Crippen molar-refractivity contribution in [1.29, 1.82) is 0 Å². The summed E-state index contributed by atoms with van der Waals surface area (Å²) in [4.78, 5) is 2.34. The quantitative estimate of drug-likeness (QED) is 0.153. The van der Waals surface area contributed by atoms with E-state index in [9.17, 15) is 0 Å². The molecule has 2 aromatic heterocycles. The Balaban J connectivity index is 0.898. The Hall–Kier alpha value is -8.40. The number of furan rings is 1. The zero-order valence-electron chi connectivity index (χ0n) is 34.4. The van der Waals surface area contributed by atoms with E-state index in [1.54, 1.807) is 0 Å². The van der Waals surface area contributed by atoms with Crippen LogP contribution in [-0.2, 0) is 0 Å². The molecular formula is C60H40N2O. The maximum absolute atomic E-state index is 6.61. The average Bonchev–Trinajstić information content (AvgIpc) is 3.91. The van der Waals surface area contributed by atoms with Crippen molar-refractivity contribution in [2.75, 3.05) is 4.90 Å². The van der Waals surface area contributed by atoms with E-state index in [0.29, 0.717) is 0 Å². The Morgan fingerprint density at radius 2 is 0.746 bits per heavy atom. The lowest BCUT2D eigenvalue weighted by Crippen LogP contribution is -2.09. The lowest BCUT2D eigenvalue weighted by molar-refractivity contribution is 0.670. The molecule has 12 rings (SSSR count). The summed E-state index contributed by atoms with van der Waals surface area (Å²) in [6.07, 6.45) is 0. The van der Waals surface area contributed by atoms with Crippen molar-refractivity contribution >= 4 is 60.8 Å². The van der Waals surface area contributed by atoms with Crippen molar-refractivity contribution in [2.45, 2.75) is 0 Å². The molecule has 3 heteroatoms. The minimum atomic E-state index is 0.885. The molecule has 0 aliphatic heterocycles. The second kappa shape index (κ2) is 15.3. The predicted octanol–water partition coefficient (Wildman–Crippen LogP) is 16.8. The highest BCUT2D eigenvalue weighted by Crippen LogP contribution is 2.41. The molecule has 63 heavy (non-hydrogen) atoms.